The summed E-state index contributed by atoms with van der Waals surface area (Å²) in [6.45, 7) is 0.980. The molecule has 100 valence electrons. The molecular weight excluding hydrogens is 274 g/mol. The van der Waals surface area contributed by atoms with Crippen LogP contribution in [0.3, 0.4) is 0 Å². The predicted molar refractivity (Wildman–Crippen MR) is 74.4 cm³/mol. The second kappa shape index (κ2) is 5.35. The number of fused-ring (bicyclic) bond motifs is 1. The average molecular weight is 285 g/mol. The Kier molecular flexibility index (Phi) is 3.40. The van der Waals surface area contributed by atoms with Gasteiger partial charge in [0.1, 0.15) is 19.1 Å². The van der Waals surface area contributed by atoms with E-state index in [1.165, 1.54) is 11.3 Å². The molecule has 0 bridgehead atoms. The zero-order chi connectivity index (χ0) is 13.9. The van der Waals surface area contributed by atoms with Gasteiger partial charge < -0.3 is 9.47 Å². The molecule has 0 saturated carbocycles. The number of carbonyl (C=O) groups is 1. The first-order chi connectivity index (χ1) is 9.79. The van der Waals surface area contributed by atoms with E-state index in [1.807, 2.05) is 11.4 Å². The average Bonchev–Trinajstić information content (AvgIpc) is 3.01. The van der Waals surface area contributed by atoms with Gasteiger partial charge in [0.05, 0.1) is 6.07 Å². The van der Waals surface area contributed by atoms with Crippen LogP contribution in [0.4, 0.5) is 0 Å². The van der Waals surface area contributed by atoms with Crippen LogP contribution in [0.2, 0.25) is 0 Å². The smallest absolute Gasteiger partial charge is 0.185 e. The Labute approximate surface area is 120 Å². The van der Waals surface area contributed by atoms with Gasteiger partial charge in [-0.3, -0.25) is 4.79 Å². The minimum absolute atomic E-state index is 0.216. The summed E-state index contributed by atoms with van der Waals surface area (Å²) in [7, 11) is 0. The fourth-order valence-corrected chi connectivity index (χ4v) is 2.84. The first-order valence-corrected chi connectivity index (χ1v) is 7.04. The monoisotopic (exact) mass is 285 g/mol. The van der Waals surface area contributed by atoms with Crippen molar-refractivity contribution in [2.75, 3.05) is 13.2 Å². The number of thiophene rings is 1. The van der Waals surface area contributed by atoms with Crippen molar-refractivity contribution in [2.24, 2.45) is 0 Å². The standard InChI is InChI=1S/C15H11NO3S/c16-9-11(14-2-1-7-20-14)15(17)10-3-4-12-13(8-10)19-6-5-18-12/h1-4,7-8,11H,5-6H2. The van der Waals surface area contributed by atoms with Gasteiger partial charge >= 0.3 is 0 Å². The fraction of sp³-hybridized carbons (Fsp3) is 0.200. The molecule has 1 aromatic carbocycles. The second-order valence-electron chi connectivity index (χ2n) is 4.30. The molecule has 5 heteroatoms. The van der Waals surface area contributed by atoms with Crippen molar-refractivity contribution in [3.05, 3.63) is 46.2 Å². The number of nitrogens with zero attached hydrogens (tertiary/aromatic N) is 1. The molecule has 0 fully saturated rings. The van der Waals surface area contributed by atoms with Crippen LogP contribution in [-0.4, -0.2) is 19.0 Å². The van der Waals surface area contributed by atoms with Crippen LogP contribution in [0, 0.1) is 11.3 Å². The van der Waals surface area contributed by atoms with E-state index >= 15 is 0 Å². The van der Waals surface area contributed by atoms with E-state index in [-0.39, 0.29) is 5.78 Å². The summed E-state index contributed by atoms with van der Waals surface area (Å²) in [5.41, 5.74) is 0.467. The molecule has 1 atom stereocenters. The first kappa shape index (κ1) is 12.7. The largest absolute Gasteiger partial charge is 0.486 e. The zero-order valence-electron chi connectivity index (χ0n) is 10.5. The molecule has 2 heterocycles. The molecule has 1 aliphatic rings. The Balaban J connectivity index is 1.92. The van der Waals surface area contributed by atoms with Crippen molar-refractivity contribution >= 4 is 17.1 Å². The van der Waals surface area contributed by atoms with Gasteiger partial charge in [0.25, 0.3) is 0 Å². The molecule has 1 aliphatic heterocycles. The molecular formula is C15H11NO3S. The van der Waals surface area contributed by atoms with Crippen LogP contribution in [0.25, 0.3) is 0 Å². The molecule has 0 aliphatic carbocycles. The van der Waals surface area contributed by atoms with Crippen LogP contribution < -0.4 is 9.47 Å². The molecule has 0 saturated heterocycles. The van der Waals surface area contributed by atoms with Crippen LogP contribution in [-0.2, 0) is 0 Å². The van der Waals surface area contributed by atoms with E-state index in [2.05, 4.69) is 6.07 Å². The third kappa shape index (κ3) is 2.26. The number of hydrogen-bond acceptors (Lipinski definition) is 5. The van der Waals surface area contributed by atoms with Gasteiger partial charge in [-0.05, 0) is 29.6 Å². The second-order valence-corrected chi connectivity index (χ2v) is 5.28. The Morgan fingerprint density at radius 2 is 2.05 bits per heavy atom. The normalized spacial score (nSPS) is 14.3. The van der Waals surface area contributed by atoms with E-state index in [1.54, 1.807) is 24.3 Å². The topological polar surface area (TPSA) is 59.3 Å². The summed E-state index contributed by atoms with van der Waals surface area (Å²) < 4.78 is 10.9. The maximum atomic E-state index is 12.4. The molecule has 20 heavy (non-hydrogen) atoms. The van der Waals surface area contributed by atoms with E-state index in [9.17, 15) is 10.1 Å². The molecule has 4 nitrogen and oxygen atoms in total. The number of rotatable bonds is 3. The van der Waals surface area contributed by atoms with Gasteiger partial charge in [-0.25, -0.2) is 0 Å². The lowest BCUT2D eigenvalue weighted by Crippen LogP contribution is -2.16. The predicted octanol–water partition coefficient (Wildman–Crippen LogP) is 3.01. The summed E-state index contributed by atoms with van der Waals surface area (Å²) in [5, 5.41) is 11.1. The number of benzene rings is 1. The minimum atomic E-state index is -0.766. The van der Waals surface area contributed by atoms with Crippen molar-refractivity contribution in [3.63, 3.8) is 0 Å². The minimum Gasteiger partial charge on any atom is -0.486 e. The van der Waals surface area contributed by atoms with Crippen molar-refractivity contribution in [1.29, 1.82) is 5.26 Å². The third-order valence-electron chi connectivity index (χ3n) is 3.05. The maximum absolute atomic E-state index is 12.4. The van der Waals surface area contributed by atoms with E-state index in [0.717, 1.165) is 4.88 Å². The number of Topliss-reactive ketones (excluding diaryl/α,β-unsaturated/α-hetero) is 1. The summed E-state index contributed by atoms with van der Waals surface area (Å²) in [6, 6.07) is 10.7. The summed E-state index contributed by atoms with van der Waals surface area (Å²) >= 11 is 1.41. The van der Waals surface area contributed by atoms with Gasteiger partial charge in [-0.15, -0.1) is 11.3 Å². The van der Waals surface area contributed by atoms with Crippen LogP contribution in [0.1, 0.15) is 21.2 Å². The zero-order valence-corrected chi connectivity index (χ0v) is 11.4. The maximum Gasteiger partial charge on any atom is 0.185 e. The van der Waals surface area contributed by atoms with Crippen molar-refractivity contribution in [3.8, 4) is 17.6 Å². The summed E-state index contributed by atoms with van der Waals surface area (Å²) in [5.74, 6) is 0.215. The number of hydrogen-bond donors (Lipinski definition) is 0. The molecule has 0 spiro atoms. The number of carbonyl (C=O) groups excluding carboxylic acids is 1. The number of nitriles is 1. The van der Waals surface area contributed by atoms with Gasteiger partial charge in [0.2, 0.25) is 0 Å². The SMILES string of the molecule is N#CC(C(=O)c1ccc2c(c1)OCCO2)c1cccs1. The van der Waals surface area contributed by atoms with Gasteiger partial charge in [0, 0.05) is 10.4 Å². The lowest BCUT2D eigenvalue weighted by atomic mass is 9.97. The number of ketones is 1. The van der Waals surface area contributed by atoms with E-state index in [4.69, 9.17) is 9.47 Å². The highest BCUT2D eigenvalue weighted by atomic mass is 32.1. The highest BCUT2D eigenvalue weighted by Crippen LogP contribution is 2.33. The van der Waals surface area contributed by atoms with Gasteiger partial charge in [0.15, 0.2) is 17.3 Å². The lowest BCUT2D eigenvalue weighted by molar-refractivity contribution is 0.0978. The third-order valence-corrected chi connectivity index (χ3v) is 3.98. The molecule has 2 aromatic rings. The van der Waals surface area contributed by atoms with Crippen molar-refractivity contribution < 1.29 is 14.3 Å². The molecule has 1 aromatic heterocycles. The highest BCUT2D eigenvalue weighted by Gasteiger charge is 2.24. The van der Waals surface area contributed by atoms with Crippen molar-refractivity contribution in [2.45, 2.75) is 5.92 Å². The van der Waals surface area contributed by atoms with Crippen LogP contribution >= 0.6 is 11.3 Å². The van der Waals surface area contributed by atoms with Crippen LogP contribution in [0.5, 0.6) is 11.5 Å². The highest BCUT2D eigenvalue weighted by molar-refractivity contribution is 7.10. The lowest BCUT2D eigenvalue weighted by Gasteiger charge is -2.19. The molecule has 1 unspecified atom stereocenters. The quantitative estimate of drug-likeness (QED) is 0.813. The Morgan fingerprint density at radius 3 is 2.75 bits per heavy atom. The molecule has 0 amide bonds. The first-order valence-electron chi connectivity index (χ1n) is 6.16. The summed E-state index contributed by atoms with van der Waals surface area (Å²) in [4.78, 5) is 13.2. The van der Waals surface area contributed by atoms with Gasteiger partial charge in [-0.2, -0.15) is 5.26 Å². The Hall–Kier alpha value is -2.32. The van der Waals surface area contributed by atoms with Crippen LogP contribution in [0.15, 0.2) is 35.7 Å². The number of ether oxygens (including phenoxy) is 2. The molecule has 0 radical (unpaired) electrons. The molecule has 0 N–H and O–H groups in total. The Bertz CT molecular complexity index is 673. The van der Waals surface area contributed by atoms with Gasteiger partial charge in [-0.1, -0.05) is 6.07 Å². The van der Waals surface area contributed by atoms with Crippen molar-refractivity contribution in [1.82, 2.24) is 0 Å². The fourth-order valence-electron chi connectivity index (χ4n) is 2.07. The van der Waals surface area contributed by atoms with E-state index < -0.39 is 5.92 Å². The Morgan fingerprint density at radius 1 is 1.25 bits per heavy atom. The summed E-state index contributed by atoms with van der Waals surface area (Å²) in [6.07, 6.45) is 0. The van der Waals surface area contributed by atoms with E-state index in [0.29, 0.717) is 30.3 Å². The molecule has 3 rings (SSSR count).